The first-order valence-electron chi connectivity index (χ1n) is 12.2. The highest BCUT2D eigenvalue weighted by Gasteiger charge is 2.29. The van der Waals surface area contributed by atoms with E-state index in [4.69, 9.17) is 27.9 Å². The maximum Gasteiger partial charge on any atom is 0.264 e. The fraction of sp³-hybridized carbons (Fsp3) is 0.107. The topological polar surface area (TPSA) is 122 Å². The van der Waals surface area contributed by atoms with Crippen LogP contribution < -0.4 is 19.1 Å². The van der Waals surface area contributed by atoms with E-state index < -0.39 is 32.5 Å². The Balaban J connectivity index is 1.56. The van der Waals surface area contributed by atoms with Gasteiger partial charge < -0.3 is 10.1 Å². The highest BCUT2D eigenvalue weighted by atomic mass is 35.5. The molecule has 0 bridgehead atoms. The van der Waals surface area contributed by atoms with Crippen molar-refractivity contribution >= 4 is 66.2 Å². The number of carbonyl (C=O) groups is 1. The number of anilines is 3. The van der Waals surface area contributed by atoms with Crippen molar-refractivity contribution in [3.8, 4) is 5.75 Å². The molecular weight excluding hydrogens is 609 g/mol. The number of hydrogen-bond donors (Lipinski definition) is 2. The van der Waals surface area contributed by atoms with Crippen molar-refractivity contribution in [2.24, 2.45) is 0 Å². The molecular formula is C28H25Cl2N3O6S2. The Bertz CT molecular complexity index is 1750. The van der Waals surface area contributed by atoms with Gasteiger partial charge in [-0.1, -0.05) is 59.6 Å². The number of halogens is 2. The van der Waals surface area contributed by atoms with Gasteiger partial charge in [0.2, 0.25) is 5.91 Å². The Morgan fingerprint density at radius 3 is 2.15 bits per heavy atom. The summed E-state index contributed by atoms with van der Waals surface area (Å²) in [5.41, 5.74) is 0.564. The van der Waals surface area contributed by atoms with E-state index in [9.17, 15) is 21.6 Å². The van der Waals surface area contributed by atoms with E-state index in [0.717, 1.165) is 4.31 Å². The van der Waals surface area contributed by atoms with Crippen LogP contribution in [0.25, 0.3) is 0 Å². The quantitative estimate of drug-likeness (QED) is 0.208. The molecule has 0 aromatic heterocycles. The first-order chi connectivity index (χ1) is 19.5. The second-order valence-corrected chi connectivity index (χ2v) is 12.8. The van der Waals surface area contributed by atoms with Crippen molar-refractivity contribution < 1.29 is 26.4 Å². The number of nitrogens with zero attached hydrogens (tertiary/aromatic N) is 1. The molecule has 2 N–H and O–H groups in total. The molecule has 4 rings (SSSR count). The van der Waals surface area contributed by atoms with Crippen LogP contribution in [0.1, 0.15) is 6.92 Å². The zero-order chi connectivity index (χ0) is 29.6. The largest absolute Gasteiger partial charge is 0.492 e. The third-order valence-corrected chi connectivity index (χ3v) is 9.67. The summed E-state index contributed by atoms with van der Waals surface area (Å²) in [5.74, 6) is -0.362. The normalized spacial score (nSPS) is 11.5. The van der Waals surface area contributed by atoms with Gasteiger partial charge in [-0.05, 0) is 67.6 Å². The Labute approximate surface area is 248 Å². The molecule has 0 heterocycles. The van der Waals surface area contributed by atoms with Crippen molar-refractivity contribution in [2.45, 2.75) is 16.7 Å². The standard InChI is InChI=1S/C28H25Cl2N3O6S2/c1-2-39-26-14-7-6-13-25(26)33(41(37,38)22-9-4-3-5-10-22)19-27(34)31-20-15-17-21(18-16-20)40(35,36)32-24-12-8-11-23(29)28(24)30/h3-18,32H,2,19H2,1H3,(H,31,34). The summed E-state index contributed by atoms with van der Waals surface area (Å²) in [6.07, 6.45) is 0. The van der Waals surface area contributed by atoms with E-state index in [-0.39, 0.29) is 43.5 Å². The molecule has 0 unspecified atom stereocenters. The molecule has 0 aliphatic rings. The molecule has 214 valence electrons. The van der Waals surface area contributed by atoms with E-state index in [0.29, 0.717) is 5.75 Å². The molecule has 9 nitrogen and oxygen atoms in total. The van der Waals surface area contributed by atoms with Gasteiger partial charge in [-0.2, -0.15) is 0 Å². The third-order valence-electron chi connectivity index (χ3n) is 5.70. The van der Waals surface area contributed by atoms with Crippen molar-refractivity contribution in [1.82, 2.24) is 0 Å². The maximum atomic E-state index is 13.6. The van der Waals surface area contributed by atoms with Gasteiger partial charge in [0.25, 0.3) is 20.0 Å². The molecule has 0 saturated heterocycles. The average molecular weight is 635 g/mol. The lowest BCUT2D eigenvalue weighted by molar-refractivity contribution is -0.114. The second-order valence-electron chi connectivity index (χ2n) is 8.50. The molecule has 4 aromatic rings. The third kappa shape index (κ3) is 7.12. The van der Waals surface area contributed by atoms with E-state index >= 15 is 0 Å². The van der Waals surface area contributed by atoms with Crippen LogP contribution in [0, 0.1) is 0 Å². The van der Waals surface area contributed by atoms with Crippen LogP contribution in [0.4, 0.5) is 17.1 Å². The molecule has 0 fully saturated rings. The Hall–Kier alpha value is -3.77. The highest BCUT2D eigenvalue weighted by molar-refractivity contribution is 7.93. The first-order valence-corrected chi connectivity index (χ1v) is 15.9. The van der Waals surface area contributed by atoms with Crippen LogP contribution in [0.15, 0.2) is 107 Å². The predicted octanol–water partition coefficient (Wildman–Crippen LogP) is 6.03. The molecule has 0 aliphatic carbocycles. The van der Waals surface area contributed by atoms with Crippen LogP contribution in [0.3, 0.4) is 0 Å². The smallest absolute Gasteiger partial charge is 0.264 e. The molecule has 41 heavy (non-hydrogen) atoms. The van der Waals surface area contributed by atoms with Crippen LogP contribution in [0.2, 0.25) is 10.0 Å². The fourth-order valence-corrected chi connectivity index (χ4v) is 6.72. The number of hydrogen-bond acceptors (Lipinski definition) is 6. The van der Waals surface area contributed by atoms with E-state index in [1.54, 1.807) is 55.5 Å². The van der Waals surface area contributed by atoms with Gasteiger partial charge in [0.15, 0.2) is 0 Å². The maximum absolute atomic E-state index is 13.6. The number of carbonyl (C=O) groups excluding carboxylic acids is 1. The fourth-order valence-electron chi connectivity index (χ4n) is 3.79. The number of para-hydroxylation sites is 2. The van der Waals surface area contributed by atoms with Gasteiger partial charge in [0, 0.05) is 5.69 Å². The SMILES string of the molecule is CCOc1ccccc1N(CC(=O)Nc1ccc(S(=O)(=O)Nc2cccc(Cl)c2Cl)cc1)S(=O)(=O)c1ccccc1. The van der Waals surface area contributed by atoms with Gasteiger partial charge in [-0.3, -0.25) is 13.8 Å². The summed E-state index contributed by atoms with van der Waals surface area (Å²) in [6.45, 7) is 1.48. The van der Waals surface area contributed by atoms with Crippen molar-refractivity contribution in [1.29, 1.82) is 0 Å². The summed E-state index contributed by atoms with van der Waals surface area (Å²) in [7, 11) is -8.18. The Kier molecular flexibility index (Phi) is 9.44. The zero-order valence-electron chi connectivity index (χ0n) is 21.6. The summed E-state index contributed by atoms with van der Waals surface area (Å²) in [4.78, 5) is 13.0. The monoisotopic (exact) mass is 633 g/mol. The van der Waals surface area contributed by atoms with Gasteiger partial charge in [-0.25, -0.2) is 16.8 Å². The number of sulfonamides is 2. The van der Waals surface area contributed by atoms with Gasteiger partial charge in [0.1, 0.15) is 12.3 Å². The number of benzene rings is 4. The predicted molar refractivity (Wildman–Crippen MR) is 161 cm³/mol. The average Bonchev–Trinajstić information content (AvgIpc) is 2.95. The first kappa shape index (κ1) is 30.2. The lowest BCUT2D eigenvalue weighted by atomic mass is 10.3. The second kappa shape index (κ2) is 12.8. The molecule has 0 saturated carbocycles. The van der Waals surface area contributed by atoms with Gasteiger partial charge in [-0.15, -0.1) is 0 Å². The Morgan fingerprint density at radius 1 is 0.805 bits per heavy atom. The molecule has 0 spiro atoms. The summed E-state index contributed by atoms with van der Waals surface area (Å²) in [6, 6.07) is 24.2. The molecule has 4 aromatic carbocycles. The minimum atomic E-state index is -4.16. The number of nitrogens with one attached hydrogen (secondary N) is 2. The van der Waals surface area contributed by atoms with Gasteiger partial charge in [0.05, 0.1) is 37.8 Å². The van der Waals surface area contributed by atoms with Crippen LogP contribution in [0.5, 0.6) is 5.75 Å². The molecule has 0 aliphatic heterocycles. The van der Waals surface area contributed by atoms with Crippen molar-refractivity contribution in [2.75, 3.05) is 27.5 Å². The van der Waals surface area contributed by atoms with E-state index in [2.05, 4.69) is 10.0 Å². The van der Waals surface area contributed by atoms with Crippen molar-refractivity contribution in [3.05, 3.63) is 107 Å². The van der Waals surface area contributed by atoms with Crippen molar-refractivity contribution in [3.63, 3.8) is 0 Å². The molecule has 0 radical (unpaired) electrons. The number of rotatable bonds is 11. The highest BCUT2D eigenvalue weighted by Crippen LogP contribution is 2.33. The van der Waals surface area contributed by atoms with Crippen LogP contribution in [-0.4, -0.2) is 35.9 Å². The number of ether oxygens (including phenoxy) is 1. The van der Waals surface area contributed by atoms with E-state index in [1.807, 2.05) is 0 Å². The lowest BCUT2D eigenvalue weighted by Crippen LogP contribution is -2.38. The Morgan fingerprint density at radius 2 is 1.46 bits per heavy atom. The molecule has 0 atom stereocenters. The summed E-state index contributed by atoms with van der Waals surface area (Å²) >= 11 is 12.1. The summed E-state index contributed by atoms with van der Waals surface area (Å²) in [5, 5.41) is 2.87. The molecule has 13 heteroatoms. The number of amides is 1. The van der Waals surface area contributed by atoms with Gasteiger partial charge >= 0.3 is 0 Å². The lowest BCUT2D eigenvalue weighted by Gasteiger charge is -2.26. The zero-order valence-corrected chi connectivity index (χ0v) is 24.8. The van der Waals surface area contributed by atoms with E-state index in [1.165, 1.54) is 48.5 Å². The minimum absolute atomic E-state index is 0.000896. The van der Waals surface area contributed by atoms with Crippen LogP contribution in [-0.2, 0) is 24.8 Å². The minimum Gasteiger partial charge on any atom is -0.492 e. The summed E-state index contributed by atoms with van der Waals surface area (Å²) < 4.78 is 61.9. The van der Waals surface area contributed by atoms with Crippen LogP contribution >= 0.6 is 23.2 Å². The molecule has 1 amide bonds.